The van der Waals surface area contributed by atoms with Gasteiger partial charge in [0.05, 0.1) is 15.8 Å². The number of rotatable bonds is 3. The summed E-state index contributed by atoms with van der Waals surface area (Å²) in [6.45, 7) is 3.69. The Balaban J connectivity index is 1.68. The number of nitrogens with one attached hydrogen (secondary N) is 1. The Morgan fingerprint density at radius 3 is 2.82 bits per heavy atom. The first-order valence-corrected chi connectivity index (χ1v) is 8.86. The van der Waals surface area contributed by atoms with E-state index < -0.39 is 0 Å². The fourth-order valence-electron chi connectivity index (χ4n) is 2.67. The van der Waals surface area contributed by atoms with Crippen molar-refractivity contribution in [2.75, 3.05) is 13.1 Å². The molecule has 5 nitrogen and oxygen atoms in total. The molecule has 0 spiro atoms. The van der Waals surface area contributed by atoms with Crippen LogP contribution in [0.25, 0.3) is 11.2 Å². The molecular formula is C15H19ClN4OS. The molecule has 1 N–H and O–H groups in total. The Morgan fingerprint density at radius 1 is 1.36 bits per heavy atom. The number of carbonyl (C=O) groups excluding carboxylic acids is 1. The molecule has 0 bridgehead atoms. The lowest BCUT2D eigenvalue weighted by Gasteiger charge is -2.23. The third kappa shape index (κ3) is 3.55. The summed E-state index contributed by atoms with van der Waals surface area (Å²) < 4.78 is 0. The van der Waals surface area contributed by atoms with Crippen LogP contribution in [0.15, 0.2) is 17.4 Å². The van der Waals surface area contributed by atoms with Crippen molar-refractivity contribution in [3.05, 3.63) is 17.3 Å². The number of amides is 1. The molecule has 7 heteroatoms. The molecule has 0 aliphatic carbocycles. The van der Waals surface area contributed by atoms with Crippen LogP contribution in [0.3, 0.4) is 0 Å². The number of carbonyl (C=O) groups is 1. The number of pyridine rings is 1. The minimum absolute atomic E-state index is 0.158. The minimum atomic E-state index is -0.158. The van der Waals surface area contributed by atoms with Crippen molar-refractivity contribution in [2.24, 2.45) is 0 Å². The summed E-state index contributed by atoms with van der Waals surface area (Å²) >= 11 is 7.37. The predicted octanol–water partition coefficient (Wildman–Crippen LogP) is 3.49. The lowest BCUT2D eigenvalue weighted by molar-refractivity contribution is -0.130. The summed E-state index contributed by atoms with van der Waals surface area (Å²) in [5.74, 6) is 0.193. The van der Waals surface area contributed by atoms with E-state index in [1.54, 1.807) is 12.3 Å². The third-order valence-corrected chi connectivity index (χ3v) is 5.01. The highest BCUT2D eigenvalue weighted by Gasteiger charge is 2.23. The van der Waals surface area contributed by atoms with Crippen LogP contribution in [-0.2, 0) is 4.79 Å². The highest BCUT2D eigenvalue weighted by atomic mass is 35.5. The van der Waals surface area contributed by atoms with Gasteiger partial charge in [0.15, 0.2) is 10.8 Å². The van der Waals surface area contributed by atoms with Crippen molar-refractivity contribution in [3.8, 4) is 0 Å². The van der Waals surface area contributed by atoms with Crippen molar-refractivity contribution in [3.63, 3.8) is 0 Å². The maximum Gasteiger partial charge on any atom is 0.235 e. The van der Waals surface area contributed by atoms with Gasteiger partial charge < -0.3 is 9.88 Å². The van der Waals surface area contributed by atoms with Crippen LogP contribution < -0.4 is 0 Å². The number of nitrogens with zero attached hydrogens (tertiary/aromatic N) is 3. The van der Waals surface area contributed by atoms with Gasteiger partial charge in [-0.2, -0.15) is 0 Å². The molecule has 1 atom stereocenters. The van der Waals surface area contributed by atoms with Crippen molar-refractivity contribution in [1.29, 1.82) is 0 Å². The van der Waals surface area contributed by atoms with Gasteiger partial charge in [-0.3, -0.25) is 4.79 Å². The molecule has 1 aliphatic rings. The van der Waals surface area contributed by atoms with Gasteiger partial charge in [0.1, 0.15) is 0 Å². The highest BCUT2D eigenvalue weighted by Crippen LogP contribution is 2.25. The van der Waals surface area contributed by atoms with Crippen LogP contribution in [-0.4, -0.2) is 44.1 Å². The largest absolute Gasteiger partial charge is 0.342 e. The summed E-state index contributed by atoms with van der Waals surface area (Å²) in [4.78, 5) is 26.3. The van der Waals surface area contributed by atoms with E-state index in [1.165, 1.54) is 24.6 Å². The van der Waals surface area contributed by atoms with Crippen molar-refractivity contribution in [2.45, 2.75) is 43.0 Å². The molecule has 0 saturated carbocycles. The molecule has 22 heavy (non-hydrogen) atoms. The van der Waals surface area contributed by atoms with E-state index in [0.29, 0.717) is 15.8 Å². The van der Waals surface area contributed by atoms with Crippen molar-refractivity contribution >= 4 is 40.4 Å². The standard InChI is InChI=1S/C15H19ClN4OS/c1-10(14(21)20-6-4-2-3-5-7-20)22-15-18-12-8-11(16)9-17-13(12)19-15/h8-10H,2-7H2,1H3,(H,17,18,19)/t10-/m0/s1. The van der Waals surface area contributed by atoms with Gasteiger partial charge >= 0.3 is 0 Å². The highest BCUT2D eigenvalue weighted by molar-refractivity contribution is 8.00. The van der Waals surface area contributed by atoms with Crippen LogP contribution in [0, 0.1) is 0 Å². The molecular weight excluding hydrogens is 320 g/mol. The molecule has 1 saturated heterocycles. The molecule has 2 aromatic heterocycles. The van der Waals surface area contributed by atoms with Gasteiger partial charge in [-0.15, -0.1) is 0 Å². The number of fused-ring (bicyclic) bond motifs is 1. The Labute approximate surface area is 138 Å². The maximum absolute atomic E-state index is 12.6. The van der Waals surface area contributed by atoms with E-state index in [4.69, 9.17) is 11.6 Å². The van der Waals surface area contributed by atoms with Crippen molar-refractivity contribution < 1.29 is 4.79 Å². The zero-order valence-electron chi connectivity index (χ0n) is 12.5. The predicted molar refractivity (Wildman–Crippen MR) is 89.3 cm³/mol. The quantitative estimate of drug-likeness (QED) is 0.870. The van der Waals surface area contributed by atoms with Crippen LogP contribution >= 0.6 is 23.4 Å². The Morgan fingerprint density at radius 2 is 2.09 bits per heavy atom. The topological polar surface area (TPSA) is 61.9 Å². The molecule has 118 valence electrons. The second-order valence-electron chi connectivity index (χ2n) is 5.57. The third-order valence-electron chi connectivity index (χ3n) is 3.84. The van der Waals surface area contributed by atoms with Crippen molar-refractivity contribution in [1.82, 2.24) is 19.9 Å². The fourth-order valence-corrected chi connectivity index (χ4v) is 3.73. The van der Waals surface area contributed by atoms with Gasteiger partial charge in [-0.25, -0.2) is 9.97 Å². The number of halogens is 1. The SMILES string of the molecule is C[C@H](Sc1nc2ncc(Cl)cc2[nH]1)C(=O)N1CCCCCC1. The molecule has 1 aliphatic heterocycles. The summed E-state index contributed by atoms with van der Waals surface area (Å²) in [7, 11) is 0. The molecule has 0 aromatic carbocycles. The zero-order chi connectivity index (χ0) is 15.5. The van der Waals surface area contributed by atoms with E-state index >= 15 is 0 Å². The van der Waals surface area contributed by atoms with Crippen LogP contribution in [0.1, 0.15) is 32.6 Å². The number of aromatic nitrogens is 3. The molecule has 3 rings (SSSR count). The number of thioether (sulfide) groups is 1. The average molecular weight is 339 g/mol. The lowest BCUT2D eigenvalue weighted by atomic mass is 10.2. The average Bonchev–Trinajstić information content (AvgIpc) is 2.72. The Bertz CT molecular complexity index is 667. The van der Waals surface area contributed by atoms with Crippen LogP contribution in [0.5, 0.6) is 0 Å². The number of aromatic amines is 1. The Hall–Kier alpha value is -1.27. The molecule has 0 unspecified atom stereocenters. The van der Waals surface area contributed by atoms with Gasteiger partial charge in [0.2, 0.25) is 5.91 Å². The summed E-state index contributed by atoms with van der Waals surface area (Å²) in [5.41, 5.74) is 1.42. The van der Waals surface area contributed by atoms with E-state index in [9.17, 15) is 4.79 Å². The van der Waals surface area contributed by atoms with Gasteiger partial charge in [0, 0.05) is 19.3 Å². The second-order valence-corrected chi connectivity index (χ2v) is 7.33. The van der Waals surface area contributed by atoms with Gasteiger partial charge in [0.25, 0.3) is 0 Å². The molecule has 1 amide bonds. The molecule has 1 fully saturated rings. The monoisotopic (exact) mass is 338 g/mol. The van der Waals surface area contributed by atoms with E-state index in [1.807, 2.05) is 11.8 Å². The summed E-state index contributed by atoms with van der Waals surface area (Å²) in [6.07, 6.45) is 6.24. The maximum atomic E-state index is 12.6. The molecule has 3 heterocycles. The first kappa shape index (κ1) is 15.6. The lowest BCUT2D eigenvalue weighted by Crippen LogP contribution is -2.37. The molecule has 2 aromatic rings. The van der Waals surface area contributed by atoms with E-state index in [2.05, 4.69) is 15.0 Å². The van der Waals surface area contributed by atoms with Gasteiger partial charge in [-0.05, 0) is 25.8 Å². The van der Waals surface area contributed by atoms with E-state index in [-0.39, 0.29) is 11.2 Å². The normalized spacial score (nSPS) is 17.5. The zero-order valence-corrected chi connectivity index (χ0v) is 14.1. The minimum Gasteiger partial charge on any atom is -0.342 e. The van der Waals surface area contributed by atoms with Crippen LogP contribution in [0.2, 0.25) is 5.02 Å². The number of imidazole rings is 1. The summed E-state index contributed by atoms with van der Waals surface area (Å²) in [5, 5.41) is 1.12. The fraction of sp³-hybridized carbons (Fsp3) is 0.533. The Kier molecular flexibility index (Phi) is 4.88. The smallest absolute Gasteiger partial charge is 0.235 e. The van der Waals surface area contributed by atoms with E-state index in [0.717, 1.165) is 31.4 Å². The number of likely N-dealkylation sites (tertiary alicyclic amines) is 1. The van der Waals surface area contributed by atoms with Gasteiger partial charge in [-0.1, -0.05) is 36.2 Å². The number of H-pyrrole nitrogens is 1. The van der Waals surface area contributed by atoms with Crippen LogP contribution in [0.4, 0.5) is 0 Å². The number of hydrogen-bond acceptors (Lipinski definition) is 4. The first-order valence-electron chi connectivity index (χ1n) is 7.60. The number of hydrogen-bond donors (Lipinski definition) is 1. The molecule has 0 radical (unpaired) electrons. The first-order chi connectivity index (χ1) is 10.6. The summed E-state index contributed by atoms with van der Waals surface area (Å²) in [6, 6.07) is 1.79. The second kappa shape index (κ2) is 6.87.